The minimum atomic E-state index is -0.338. The van der Waals surface area contributed by atoms with Crippen LogP contribution in [0.2, 0.25) is 0 Å². The number of nitrogens with zero attached hydrogens (tertiary/aromatic N) is 1. The van der Waals surface area contributed by atoms with Crippen LogP contribution in [0.1, 0.15) is 33.1 Å². The largest absolute Gasteiger partial charge is 0.381 e. The summed E-state index contributed by atoms with van der Waals surface area (Å²) in [5.41, 5.74) is -0.338. The van der Waals surface area contributed by atoms with Gasteiger partial charge in [0.15, 0.2) is 0 Å². The first kappa shape index (κ1) is 11.9. The Balaban J connectivity index is 1.89. The van der Waals surface area contributed by atoms with Gasteiger partial charge in [-0.2, -0.15) is 0 Å². The predicted octanol–water partition coefficient (Wildman–Crippen LogP) is 0.971. The molecule has 2 unspecified atom stereocenters. The van der Waals surface area contributed by atoms with Crippen LogP contribution in [-0.2, 0) is 9.53 Å². The van der Waals surface area contributed by atoms with E-state index in [0.717, 1.165) is 32.6 Å². The molecule has 2 aliphatic rings. The zero-order chi connectivity index (χ0) is 11.6. The molecule has 2 rings (SSSR count). The number of hydrogen-bond acceptors (Lipinski definition) is 3. The van der Waals surface area contributed by atoms with Crippen molar-refractivity contribution in [3.63, 3.8) is 0 Å². The fraction of sp³-hybridized carbons (Fsp3) is 0.917. The van der Waals surface area contributed by atoms with Gasteiger partial charge in [0, 0.05) is 19.1 Å². The lowest BCUT2D eigenvalue weighted by Crippen LogP contribution is -2.43. The molecular formula is C12H22N2O2. The van der Waals surface area contributed by atoms with Gasteiger partial charge in [-0.1, -0.05) is 6.92 Å². The smallest absolute Gasteiger partial charge is 0.243 e. The molecule has 0 aliphatic carbocycles. The summed E-state index contributed by atoms with van der Waals surface area (Å²) in [6.45, 7) is 7.29. The quantitative estimate of drug-likeness (QED) is 0.779. The molecule has 0 aromatic carbocycles. The molecule has 2 aliphatic heterocycles. The number of nitrogens with one attached hydrogen (secondary N) is 1. The third-order valence-electron chi connectivity index (χ3n) is 3.86. The first-order valence-corrected chi connectivity index (χ1v) is 6.28. The fourth-order valence-electron chi connectivity index (χ4n) is 2.45. The van der Waals surface area contributed by atoms with Crippen LogP contribution in [0.25, 0.3) is 0 Å². The molecule has 0 bridgehead atoms. The summed E-state index contributed by atoms with van der Waals surface area (Å²) < 4.78 is 5.45. The third kappa shape index (κ3) is 2.23. The number of amides is 1. The molecule has 2 saturated heterocycles. The van der Waals surface area contributed by atoms with Crippen LogP contribution in [0, 0.1) is 5.92 Å². The maximum Gasteiger partial charge on any atom is 0.243 e. The highest BCUT2D eigenvalue weighted by molar-refractivity contribution is 5.87. The van der Waals surface area contributed by atoms with Gasteiger partial charge < -0.3 is 9.64 Å². The molecule has 16 heavy (non-hydrogen) atoms. The van der Waals surface area contributed by atoms with Crippen molar-refractivity contribution in [1.82, 2.24) is 10.2 Å². The highest BCUT2D eigenvalue weighted by Crippen LogP contribution is 2.22. The van der Waals surface area contributed by atoms with Crippen LogP contribution in [0.5, 0.6) is 0 Å². The molecule has 4 nitrogen and oxygen atoms in total. The Labute approximate surface area is 97.3 Å². The highest BCUT2D eigenvalue weighted by atomic mass is 16.5. The van der Waals surface area contributed by atoms with Gasteiger partial charge in [-0.3, -0.25) is 10.1 Å². The van der Waals surface area contributed by atoms with E-state index in [-0.39, 0.29) is 11.4 Å². The number of rotatable bonds is 3. The Morgan fingerprint density at radius 3 is 3.00 bits per heavy atom. The van der Waals surface area contributed by atoms with Crippen LogP contribution < -0.4 is 5.32 Å². The van der Waals surface area contributed by atoms with E-state index in [4.69, 9.17) is 4.74 Å². The fourth-order valence-corrected chi connectivity index (χ4v) is 2.45. The monoisotopic (exact) mass is 226 g/mol. The minimum absolute atomic E-state index is 0.251. The average molecular weight is 226 g/mol. The lowest BCUT2D eigenvalue weighted by molar-refractivity contribution is -0.133. The summed E-state index contributed by atoms with van der Waals surface area (Å²) in [7, 11) is 0. The van der Waals surface area contributed by atoms with Crippen LogP contribution in [0.3, 0.4) is 0 Å². The highest BCUT2D eigenvalue weighted by Gasteiger charge is 2.41. The van der Waals surface area contributed by atoms with Gasteiger partial charge in [-0.05, 0) is 26.2 Å². The first-order valence-electron chi connectivity index (χ1n) is 6.28. The SMILES string of the molecule is CCC1(C)NCN(CC2CCCOC2)C1=O. The molecule has 2 atom stereocenters. The maximum atomic E-state index is 12.2. The molecule has 2 heterocycles. The van der Waals surface area contributed by atoms with E-state index in [1.165, 1.54) is 6.42 Å². The normalized spacial score (nSPS) is 35.8. The number of carbonyl (C=O) groups excluding carboxylic acids is 1. The van der Waals surface area contributed by atoms with Crippen molar-refractivity contribution < 1.29 is 9.53 Å². The van der Waals surface area contributed by atoms with Gasteiger partial charge >= 0.3 is 0 Å². The number of hydrogen-bond donors (Lipinski definition) is 1. The zero-order valence-electron chi connectivity index (χ0n) is 10.3. The standard InChI is InChI=1S/C12H22N2O2/c1-3-12(2)11(15)14(9-13-12)7-10-5-4-6-16-8-10/h10,13H,3-9H2,1-2H3. The molecule has 0 saturated carbocycles. The van der Waals surface area contributed by atoms with Crippen LogP contribution >= 0.6 is 0 Å². The summed E-state index contributed by atoms with van der Waals surface area (Å²) in [4.78, 5) is 14.1. The van der Waals surface area contributed by atoms with Crippen molar-refractivity contribution in [2.75, 3.05) is 26.4 Å². The summed E-state index contributed by atoms with van der Waals surface area (Å²) in [6.07, 6.45) is 3.17. The van der Waals surface area contributed by atoms with Crippen molar-refractivity contribution in [2.45, 2.75) is 38.6 Å². The third-order valence-corrected chi connectivity index (χ3v) is 3.86. The summed E-state index contributed by atoms with van der Waals surface area (Å²) in [5, 5.41) is 3.31. The first-order chi connectivity index (χ1) is 7.65. The van der Waals surface area contributed by atoms with Gasteiger partial charge in [0.1, 0.15) is 0 Å². The van der Waals surface area contributed by atoms with Gasteiger partial charge in [0.2, 0.25) is 5.91 Å². The van der Waals surface area contributed by atoms with E-state index in [0.29, 0.717) is 12.6 Å². The lowest BCUT2D eigenvalue weighted by atomic mass is 9.98. The zero-order valence-corrected chi connectivity index (χ0v) is 10.3. The van der Waals surface area contributed by atoms with Crippen molar-refractivity contribution >= 4 is 5.91 Å². The molecule has 0 aromatic heterocycles. The Hall–Kier alpha value is -0.610. The van der Waals surface area contributed by atoms with Gasteiger partial charge in [0.25, 0.3) is 0 Å². The van der Waals surface area contributed by atoms with E-state index < -0.39 is 0 Å². The number of ether oxygens (including phenoxy) is 1. The molecule has 0 radical (unpaired) electrons. The minimum Gasteiger partial charge on any atom is -0.381 e. The molecular weight excluding hydrogens is 204 g/mol. The molecule has 0 aromatic rings. The molecule has 92 valence electrons. The Kier molecular flexibility index (Phi) is 3.50. The maximum absolute atomic E-state index is 12.2. The van der Waals surface area contributed by atoms with Crippen molar-refractivity contribution in [2.24, 2.45) is 5.92 Å². The van der Waals surface area contributed by atoms with Crippen LogP contribution in [-0.4, -0.2) is 42.8 Å². The molecule has 2 fully saturated rings. The van der Waals surface area contributed by atoms with E-state index in [9.17, 15) is 4.79 Å². The van der Waals surface area contributed by atoms with E-state index in [1.54, 1.807) is 0 Å². The Bertz CT molecular complexity index is 264. The second-order valence-corrected chi connectivity index (χ2v) is 5.13. The molecule has 1 N–H and O–H groups in total. The second kappa shape index (κ2) is 4.72. The predicted molar refractivity (Wildman–Crippen MR) is 62.0 cm³/mol. The lowest BCUT2D eigenvalue weighted by Gasteiger charge is -2.27. The summed E-state index contributed by atoms with van der Waals surface area (Å²) in [5.74, 6) is 0.777. The van der Waals surface area contributed by atoms with Gasteiger partial charge in [-0.25, -0.2) is 0 Å². The van der Waals surface area contributed by atoms with E-state index in [1.807, 2.05) is 11.8 Å². The Morgan fingerprint density at radius 1 is 1.62 bits per heavy atom. The molecule has 1 amide bonds. The van der Waals surface area contributed by atoms with Crippen LogP contribution in [0.15, 0.2) is 0 Å². The molecule has 4 heteroatoms. The van der Waals surface area contributed by atoms with Gasteiger partial charge in [-0.15, -0.1) is 0 Å². The van der Waals surface area contributed by atoms with Gasteiger partial charge in [0.05, 0.1) is 18.8 Å². The van der Waals surface area contributed by atoms with Crippen molar-refractivity contribution in [3.05, 3.63) is 0 Å². The average Bonchev–Trinajstić information content (AvgIpc) is 2.60. The Morgan fingerprint density at radius 2 is 2.44 bits per heavy atom. The second-order valence-electron chi connectivity index (χ2n) is 5.13. The summed E-state index contributed by atoms with van der Waals surface area (Å²) in [6, 6.07) is 0. The topological polar surface area (TPSA) is 41.6 Å². The van der Waals surface area contributed by atoms with Crippen molar-refractivity contribution in [1.29, 1.82) is 0 Å². The number of carbonyl (C=O) groups is 1. The van der Waals surface area contributed by atoms with E-state index >= 15 is 0 Å². The summed E-state index contributed by atoms with van der Waals surface area (Å²) >= 11 is 0. The van der Waals surface area contributed by atoms with E-state index in [2.05, 4.69) is 12.2 Å². The van der Waals surface area contributed by atoms with Crippen LogP contribution in [0.4, 0.5) is 0 Å². The van der Waals surface area contributed by atoms with Crippen molar-refractivity contribution in [3.8, 4) is 0 Å². The molecule has 0 spiro atoms.